The molecule has 1 aromatic rings. The molecule has 1 aliphatic rings. The zero-order chi connectivity index (χ0) is 12.3. The highest BCUT2D eigenvalue weighted by Gasteiger charge is 2.26. The van der Waals surface area contributed by atoms with Crippen LogP contribution in [0.2, 0.25) is 0 Å². The minimum Gasteiger partial charge on any atom is -0.406 e. The average molecular weight is 258 g/mol. The molecule has 1 fully saturated rings. The fourth-order valence-electron chi connectivity index (χ4n) is 2.39. The molecule has 0 radical (unpaired) electrons. The number of hydrogen-bond donors (Lipinski definition) is 0. The molecule has 1 saturated heterocycles. The van der Waals surface area contributed by atoms with Gasteiger partial charge in [0.1, 0.15) is 5.38 Å². The predicted molar refractivity (Wildman–Crippen MR) is 68.5 cm³/mol. The molecule has 0 saturated carbocycles. The average Bonchev–Trinajstić information content (AvgIpc) is 2.79. The second kappa shape index (κ2) is 5.71. The largest absolute Gasteiger partial charge is 0.406 e. The molecule has 2 unspecified atom stereocenters. The highest BCUT2D eigenvalue weighted by molar-refractivity contribution is 6.20. The summed E-state index contributed by atoms with van der Waals surface area (Å²) in [7, 11) is 0. The van der Waals surface area contributed by atoms with Crippen molar-refractivity contribution in [3.05, 3.63) is 5.89 Å². The van der Waals surface area contributed by atoms with E-state index in [1.54, 1.807) is 0 Å². The standard InChI is InChI=1S/C12H20ClN3O/c1-3-6-10-7-4-5-8-16(10)12-15-14-11(17-12)9(2)13/h9-10H,3-8H2,1-2H3. The van der Waals surface area contributed by atoms with E-state index < -0.39 is 0 Å². The maximum Gasteiger partial charge on any atom is 0.318 e. The van der Waals surface area contributed by atoms with Gasteiger partial charge in [-0.3, -0.25) is 0 Å². The third-order valence-corrected chi connectivity index (χ3v) is 3.45. The molecule has 96 valence electrons. The zero-order valence-corrected chi connectivity index (χ0v) is 11.3. The number of alkyl halides is 1. The van der Waals surface area contributed by atoms with E-state index in [-0.39, 0.29) is 5.38 Å². The summed E-state index contributed by atoms with van der Waals surface area (Å²) in [5, 5.41) is 7.90. The number of nitrogens with zero attached hydrogens (tertiary/aromatic N) is 3. The minimum atomic E-state index is -0.217. The molecule has 0 N–H and O–H groups in total. The van der Waals surface area contributed by atoms with Gasteiger partial charge in [0.25, 0.3) is 0 Å². The Morgan fingerprint density at radius 1 is 1.47 bits per heavy atom. The summed E-state index contributed by atoms with van der Waals surface area (Å²) in [6, 6.07) is 1.19. The number of hydrogen-bond acceptors (Lipinski definition) is 4. The van der Waals surface area contributed by atoms with Crippen LogP contribution in [-0.4, -0.2) is 22.8 Å². The zero-order valence-electron chi connectivity index (χ0n) is 10.5. The molecule has 1 aliphatic heterocycles. The molecule has 5 heteroatoms. The van der Waals surface area contributed by atoms with Crippen LogP contribution < -0.4 is 4.90 Å². The van der Waals surface area contributed by atoms with Crippen LogP contribution in [0, 0.1) is 0 Å². The van der Waals surface area contributed by atoms with Crippen molar-refractivity contribution in [2.45, 2.75) is 57.4 Å². The van der Waals surface area contributed by atoms with E-state index in [0.717, 1.165) is 6.54 Å². The fourth-order valence-corrected chi connectivity index (χ4v) is 2.48. The first kappa shape index (κ1) is 12.7. The van der Waals surface area contributed by atoms with Crippen LogP contribution in [0.3, 0.4) is 0 Å². The third kappa shape index (κ3) is 2.92. The highest BCUT2D eigenvalue weighted by atomic mass is 35.5. The van der Waals surface area contributed by atoms with Crippen LogP contribution in [0.5, 0.6) is 0 Å². The van der Waals surface area contributed by atoms with Crippen molar-refractivity contribution < 1.29 is 4.42 Å². The van der Waals surface area contributed by atoms with Crippen LogP contribution in [-0.2, 0) is 0 Å². The predicted octanol–water partition coefficient (Wildman–Crippen LogP) is 3.53. The van der Waals surface area contributed by atoms with Crippen LogP contribution >= 0.6 is 11.6 Å². The van der Waals surface area contributed by atoms with Gasteiger partial charge in [0.2, 0.25) is 5.89 Å². The van der Waals surface area contributed by atoms with Gasteiger partial charge >= 0.3 is 6.01 Å². The highest BCUT2D eigenvalue weighted by Crippen LogP contribution is 2.28. The lowest BCUT2D eigenvalue weighted by molar-refractivity contribution is 0.391. The fraction of sp³-hybridized carbons (Fsp3) is 0.833. The summed E-state index contributed by atoms with van der Waals surface area (Å²) in [4.78, 5) is 2.25. The van der Waals surface area contributed by atoms with Crippen LogP contribution in [0.15, 0.2) is 4.42 Å². The lowest BCUT2D eigenvalue weighted by atomic mass is 9.99. The second-order valence-corrected chi connectivity index (χ2v) is 5.33. The van der Waals surface area contributed by atoms with Gasteiger partial charge in [0, 0.05) is 12.6 Å². The van der Waals surface area contributed by atoms with Crippen molar-refractivity contribution in [3.63, 3.8) is 0 Å². The monoisotopic (exact) mass is 257 g/mol. The first-order chi connectivity index (χ1) is 8.22. The summed E-state index contributed by atoms with van der Waals surface area (Å²) < 4.78 is 5.63. The lowest BCUT2D eigenvalue weighted by Crippen LogP contribution is -2.39. The van der Waals surface area contributed by atoms with Gasteiger partial charge in [0.15, 0.2) is 0 Å². The molecule has 2 atom stereocenters. The van der Waals surface area contributed by atoms with Gasteiger partial charge < -0.3 is 9.32 Å². The van der Waals surface area contributed by atoms with Gasteiger partial charge in [-0.1, -0.05) is 18.4 Å². The molecule has 4 nitrogen and oxygen atoms in total. The smallest absolute Gasteiger partial charge is 0.318 e. The summed E-state index contributed by atoms with van der Waals surface area (Å²) >= 11 is 5.94. The molecule has 0 spiro atoms. The minimum absolute atomic E-state index is 0.217. The Kier molecular flexibility index (Phi) is 4.26. The summed E-state index contributed by atoms with van der Waals surface area (Å²) in [6.07, 6.45) is 6.10. The summed E-state index contributed by atoms with van der Waals surface area (Å²) in [5.74, 6) is 0.516. The van der Waals surface area contributed by atoms with Gasteiger partial charge in [-0.2, -0.15) is 0 Å². The van der Waals surface area contributed by atoms with E-state index in [1.165, 1.54) is 32.1 Å². The Morgan fingerprint density at radius 2 is 2.29 bits per heavy atom. The van der Waals surface area contributed by atoms with E-state index in [2.05, 4.69) is 22.0 Å². The topological polar surface area (TPSA) is 42.2 Å². The maximum atomic E-state index is 5.94. The first-order valence-corrected chi connectivity index (χ1v) is 6.90. The van der Waals surface area contributed by atoms with Crippen molar-refractivity contribution in [1.29, 1.82) is 0 Å². The Morgan fingerprint density at radius 3 is 2.94 bits per heavy atom. The van der Waals surface area contributed by atoms with E-state index >= 15 is 0 Å². The Hall–Kier alpha value is -0.770. The van der Waals surface area contributed by atoms with Crippen molar-refractivity contribution in [2.24, 2.45) is 0 Å². The second-order valence-electron chi connectivity index (χ2n) is 4.67. The quantitative estimate of drug-likeness (QED) is 0.774. The number of aromatic nitrogens is 2. The van der Waals surface area contributed by atoms with E-state index in [0.29, 0.717) is 17.9 Å². The Bertz CT molecular complexity index is 351. The van der Waals surface area contributed by atoms with E-state index in [9.17, 15) is 0 Å². The number of piperidine rings is 1. The van der Waals surface area contributed by atoms with Crippen LogP contribution in [0.25, 0.3) is 0 Å². The molecule has 2 heterocycles. The van der Waals surface area contributed by atoms with Crippen molar-refractivity contribution in [3.8, 4) is 0 Å². The van der Waals surface area contributed by atoms with Crippen molar-refractivity contribution in [1.82, 2.24) is 10.2 Å². The van der Waals surface area contributed by atoms with E-state index in [1.807, 2.05) is 6.92 Å². The molecular weight excluding hydrogens is 238 g/mol. The third-order valence-electron chi connectivity index (χ3n) is 3.26. The Labute approximate surface area is 107 Å². The molecule has 0 amide bonds. The lowest BCUT2D eigenvalue weighted by Gasteiger charge is -2.34. The molecule has 0 aliphatic carbocycles. The summed E-state index contributed by atoms with van der Waals surface area (Å²) in [5.41, 5.74) is 0. The first-order valence-electron chi connectivity index (χ1n) is 6.46. The van der Waals surface area contributed by atoms with Crippen LogP contribution in [0.4, 0.5) is 6.01 Å². The molecule has 1 aromatic heterocycles. The molecular formula is C12H20ClN3O. The number of halogens is 1. The molecule has 0 bridgehead atoms. The van der Waals surface area contributed by atoms with Crippen molar-refractivity contribution >= 4 is 17.6 Å². The SMILES string of the molecule is CCCC1CCCCN1c1nnc(C(C)Cl)o1. The van der Waals surface area contributed by atoms with Gasteiger partial charge in [-0.05, 0) is 32.6 Å². The molecule has 17 heavy (non-hydrogen) atoms. The normalized spacial score (nSPS) is 22.8. The van der Waals surface area contributed by atoms with E-state index in [4.69, 9.17) is 16.0 Å². The van der Waals surface area contributed by atoms with Gasteiger partial charge in [0.05, 0.1) is 0 Å². The van der Waals surface area contributed by atoms with Crippen LogP contribution in [0.1, 0.15) is 57.2 Å². The van der Waals surface area contributed by atoms with Gasteiger partial charge in [-0.25, -0.2) is 0 Å². The maximum absolute atomic E-state index is 5.94. The van der Waals surface area contributed by atoms with Gasteiger partial charge in [-0.15, -0.1) is 16.7 Å². The molecule has 2 rings (SSSR count). The molecule has 0 aromatic carbocycles. The Balaban J connectivity index is 2.11. The van der Waals surface area contributed by atoms with Crippen molar-refractivity contribution in [2.75, 3.05) is 11.4 Å². The summed E-state index contributed by atoms with van der Waals surface area (Å²) in [6.45, 7) is 5.08. The number of rotatable bonds is 4. The number of anilines is 1.